The molecule has 2 N–H and O–H groups in total. The number of carbonyl (C=O) groups is 1. The maximum atomic E-state index is 12.4. The Hall–Kier alpha value is -1.64. The van der Waals surface area contributed by atoms with Crippen LogP contribution in [0.3, 0.4) is 0 Å². The minimum Gasteiger partial charge on any atom is -0.492 e. The van der Waals surface area contributed by atoms with E-state index in [0.717, 1.165) is 23.7 Å². The molecule has 1 amide bonds. The van der Waals surface area contributed by atoms with Gasteiger partial charge in [-0.1, -0.05) is 0 Å². The summed E-state index contributed by atoms with van der Waals surface area (Å²) in [7, 11) is -0.751. The van der Waals surface area contributed by atoms with Crippen LogP contribution in [0.15, 0.2) is 23.1 Å². The van der Waals surface area contributed by atoms with Gasteiger partial charge in [0, 0.05) is 19.8 Å². The number of sulfonamides is 1. The van der Waals surface area contributed by atoms with Gasteiger partial charge in [0.05, 0.1) is 12.6 Å². The maximum absolute atomic E-state index is 12.4. The van der Waals surface area contributed by atoms with Crippen LogP contribution in [0.1, 0.15) is 19.8 Å². The Morgan fingerprint density at radius 3 is 2.74 bits per heavy atom. The van der Waals surface area contributed by atoms with E-state index in [1.165, 1.54) is 20.2 Å². The molecular formula is C15H23N3O4S. The van der Waals surface area contributed by atoms with Gasteiger partial charge in [-0.3, -0.25) is 4.79 Å². The topological polar surface area (TPSA) is 87.7 Å². The third-order valence-electron chi connectivity index (χ3n) is 3.65. The van der Waals surface area contributed by atoms with E-state index >= 15 is 0 Å². The van der Waals surface area contributed by atoms with Crippen LogP contribution < -0.4 is 15.4 Å². The number of nitrogens with zero attached hydrogens (tertiary/aromatic N) is 1. The number of ether oxygens (including phenoxy) is 1. The van der Waals surface area contributed by atoms with Gasteiger partial charge >= 0.3 is 0 Å². The standard InChI is InChI=1S/C15H23N3O4S/c1-4-22-13-8-7-11(10-14(13)23(20,21)18(2)3)17-15(19)12-6-5-9-16-12/h7-8,10,12,16H,4-6,9H2,1-3H3,(H,17,19). The molecular weight excluding hydrogens is 318 g/mol. The quantitative estimate of drug-likeness (QED) is 0.807. The summed E-state index contributed by atoms with van der Waals surface area (Å²) >= 11 is 0. The van der Waals surface area contributed by atoms with Crippen LogP contribution >= 0.6 is 0 Å². The minimum absolute atomic E-state index is 0.0431. The highest BCUT2D eigenvalue weighted by atomic mass is 32.2. The van der Waals surface area contributed by atoms with Crippen molar-refractivity contribution in [3.63, 3.8) is 0 Å². The molecule has 2 rings (SSSR count). The van der Waals surface area contributed by atoms with E-state index in [1.807, 2.05) is 0 Å². The number of amides is 1. The first-order chi connectivity index (χ1) is 10.9. The molecule has 0 saturated carbocycles. The summed E-state index contributed by atoms with van der Waals surface area (Å²) < 4.78 is 31.4. The highest BCUT2D eigenvalue weighted by Crippen LogP contribution is 2.29. The van der Waals surface area contributed by atoms with Gasteiger partial charge in [0.1, 0.15) is 10.6 Å². The van der Waals surface area contributed by atoms with Gasteiger partial charge in [-0.2, -0.15) is 0 Å². The zero-order chi connectivity index (χ0) is 17.0. The van der Waals surface area contributed by atoms with Crippen molar-refractivity contribution in [1.29, 1.82) is 0 Å². The number of hydrogen-bond acceptors (Lipinski definition) is 5. The van der Waals surface area contributed by atoms with Crippen LogP contribution in [0.5, 0.6) is 5.75 Å². The summed E-state index contributed by atoms with van der Waals surface area (Å²) in [5, 5.41) is 5.87. The lowest BCUT2D eigenvalue weighted by Crippen LogP contribution is -2.35. The first-order valence-electron chi connectivity index (χ1n) is 7.60. The molecule has 1 atom stereocenters. The Morgan fingerprint density at radius 1 is 1.43 bits per heavy atom. The van der Waals surface area contributed by atoms with Gasteiger partial charge in [-0.15, -0.1) is 0 Å². The Kier molecular flexibility index (Phi) is 5.61. The van der Waals surface area contributed by atoms with E-state index in [4.69, 9.17) is 4.74 Å². The van der Waals surface area contributed by atoms with E-state index in [2.05, 4.69) is 10.6 Å². The Labute approximate surface area is 137 Å². The largest absolute Gasteiger partial charge is 0.492 e. The third kappa shape index (κ3) is 4.01. The molecule has 1 heterocycles. The van der Waals surface area contributed by atoms with Crippen LogP contribution in [0, 0.1) is 0 Å². The van der Waals surface area contributed by atoms with Gasteiger partial charge < -0.3 is 15.4 Å². The van der Waals surface area contributed by atoms with Crippen molar-refractivity contribution in [3.05, 3.63) is 18.2 Å². The average molecular weight is 341 g/mol. The fraction of sp³-hybridized carbons (Fsp3) is 0.533. The van der Waals surface area contributed by atoms with Crippen molar-refractivity contribution in [1.82, 2.24) is 9.62 Å². The van der Waals surface area contributed by atoms with E-state index in [9.17, 15) is 13.2 Å². The summed E-state index contributed by atoms with van der Waals surface area (Å²) in [6.07, 6.45) is 1.74. The molecule has 1 unspecified atom stereocenters. The normalized spacial score (nSPS) is 18.2. The van der Waals surface area contributed by atoms with Crippen molar-refractivity contribution < 1.29 is 17.9 Å². The summed E-state index contributed by atoms with van der Waals surface area (Å²) in [5.41, 5.74) is 0.438. The molecule has 0 bridgehead atoms. The SMILES string of the molecule is CCOc1ccc(NC(=O)C2CCCN2)cc1S(=O)(=O)N(C)C. The highest BCUT2D eigenvalue weighted by molar-refractivity contribution is 7.89. The summed E-state index contributed by atoms with van der Waals surface area (Å²) in [6, 6.07) is 4.42. The Morgan fingerprint density at radius 2 is 2.17 bits per heavy atom. The van der Waals surface area contributed by atoms with Gasteiger partial charge in [-0.25, -0.2) is 12.7 Å². The van der Waals surface area contributed by atoms with E-state index < -0.39 is 10.0 Å². The summed E-state index contributed by atoms with van der Waals surface area (Å²) in [4.78, 5) is 12.2. The zero-order valence-electron chi connectivity index (χ0n) is 13.6. The molecule has 1 saturated heterocycles. The smallest absolute Gasteiger partial charge is 0.246 e. The van der Waals surface area contributed by atoms with Crippen LogP contribution in [0.25, 0.3) is 0 Å². The van der Waals surface area contributed by atoms with Crippen LogP contribution in [0.2, 0.25) is 0 Å². The molecule has 1 aliphatic heterocycles. The first kappa shape index (κ1) is 17.7. The van der Waals surface area contributed by atoms with Crippen molar-refractivity contribution in [2.45, 2.75) is 30.7 Å². The van der Waals surface area contributed by atoms with E-state index in [0.29, 0.717) is 12.3 Å². The average Bonchev–Trinajstić information content (AvgIpc) is 3.03. The lowest BCUT2D eigenvalue weighted by atomic mass is 10.2. The van der Waals surface area contributed by atoms with Crippen LogP contribution in [-0.2, 0) is 14.8 Å². The maximum Gasteiger partial charge on any atom is 0.246 e. The number of hydrogen-bond donors (Lipinski definition) is 2. The molecule has 0 spiro atoms. The Balaban J connectivity index is 2.30. The number of anilines is 1. The van der Waals surface area contributed by atoms with E-state index in [-0.39, 0.29) is 22.6 Å². The van der Waals surface area contributed by atoms with Crippen molar-refractivity contribution in [3.8, 4) is 5.75 Å². The molecule has 8 heteroatoms. The van der Waals surface area contributed by atoms with Crippen molar-refractivity contribution >= 4 is 21.6 Å². The lowest BCUT2D eigenvalue weighted by molar-refractivity contribution is -0.117. The predicted molar refractivity (Wildman–Crippen MR) is 88.1 cm³/mol. The van der Waals surface area contributed by atoms with Gasteiger partial charge in [0.2, 0.25) is 15.9 Å². The fourth-order valence-corrected chi connectivity index (χ4v) is 3.45. The molecule has 1 aromatic rings. The van der Waals surface area contributed by atoms with Gasteiger partial charge in [0.25, 0.3) is 0 Å². The molecule has 1 aromatic carbocycles. The van der Waals surface area contributed by atoms with E-state index in [1.54, 1.807) is 19.1 Å². The predicted octanol–water partition coefficient (Wildman–Crippen LogP) is 1.03. The molecule has 0 aliphatic carbocycles. The second-order valence-corrected chi connectivity index (χ2v) is 7.64. The first-order valence-corrected chi connectivity index (χ1v) is 9.04. The number of rotatable bonds is 6. The third-order valence-corrected chi connectivity index (χ3v) is 5.48. The zero-order valence-corrected chi connectivity index (χ0v) is 14.4. The highest BCUT2D eigenvalue weighted by Gasteiger charge is 2.25. The molecule has 0 radical (unpaired) electrons. The van der Waals surface area contributed by atoms with Crippen molar-refractivity contribution in [2.75, 3.05) is 32.6 Å². The van der Waals surface area contributed by atoms with Gasteiger partial charge in [0.15, 0.2) is 0 Å². The molecule has 128 valence electrons. The van der Waals surface area contributed by atoms with Crippen LogP contribution in [0.4, 0.5) is 5.69 Å². The second kappa shape index (κ2) is 7.29. The molecule has 0 aromatic heterocycles. The molecule has 7 nitrogen and oxygen atoms in total. The second-order valence-electron chi connectivity index (χ2n) is 5.52. The van der Waals surface area contributed by atoms with Crippen LogP contribution in [-0.4, -0.2) is 51.9 Å². The molecule has 1 aliphatic rings. The monoisotopic (exact) mass is 341 g/mol. The summed E-state index contributed by atoms with van der Waals surface area (Å²) in [5.74, 6) is 0.123. The fourth-order valence-electron chi connectivity index (χ4n) is 2.40. The number of nitrogens with one attached hydrogen (secondary N) is 2. The minimum atomic E-state index is -3.67. The number of carbonyl (C=O) groups excluding carboxylic acids is 1. The number of benzene rings is 1. The lowest BCUT2D eigenvalue weighted by Gasteiger charge is -2.17. The molecule has 23 heavy (non-hydrogen) atoms. The van der Waals surface area contributed by atoms with Crippen molar-refractivity contribution in [2.24, 2.45) is 0 Å². The van der Waals surface area contributed by atoms with Gasteiger partial charge in [-0.05, 0) is 44.5 Å². The Bertz CT molecular complexity index is 667. The summed E-state index contributed by atoms with van der Waals surface area (Å²) in [6.45, 7) is 2.96. The molecule has 1 fully saturated rings.